The lowest BCUT2D eigenvalue weighted by Gasteiger charge is -2.37. The van der Waals surface area contributed by atoms with Crippen LogP contribution in [0.25, 0.3) is 10.2 Å². The first-order chi connectivity index (χ1) is 19.9. The lowest BCUT2D eigenvalue weighted by atomic mass is 9.75. The zero-order chi connectivity index (χ0) is 28.5. The molecule has 41 heavy (non-hydrogen) atoms. The molecule has 0 unspecified atom stereocenters. The van der Waals surface area contributed by atoms with Gasteiger partial charge in [0.25, 0.3) is 0 Å². The topological polar surface area (TPSA) is 106 Å². The van der Waals surface area contributed by atoms with Gasteiger partial charge in [-0.15, -0.1) is 0 Å². The van der Waals surface area contributed by atoms with Gasteiger partial charge in [-0.3, -0.25) is 9.59 Å². The van der Waals surface area contributed by atoms with Gasteiger partial charge in [0.2, 0.25) is 5.91 Å². The predicted octanol–water partition coefficient (Wildman–Crippen LogP) is 5.27. The third kappa shape index (κ3) is 5.87. The van der Waals surface area contributed by atoms with Crippen molar-refractivity contribution in [3.63, 3.8) is 0 Å². The van der Waals surface area contributed by atoms with Crippen molar-refractivity contribution in [1.82, 2.24) is 9.88 Å². The fourth-order valence-electron chi connectivity index (χ4n) is 7.74. The zero-order valence-corrected chi connectivity index (χ0v) is 24.5. The van der Waals surface area contributed by atoms with E-state index < -0.39 is 12.7 Å². The zero-order valence-electron chi connectivity index (χ0n) is 23.6. The highest BCUT2D eigenvalue weighted by Crippen LogP contribution is 2.42. The van der Waals surface area contributed by atoms with Gasteiger partial charge in [0.05, 0.1) is 22.8 Å². The number of anilines is 1. The van der Waals surface area contributed by atoms with Crippen LogP contribution in [0.15, 0.2) is 18.2 Å². The number of carbonyl (C=O) groups is 3. The number of ketones is 1. The van der Waals surface area contributed by atoms with Gasteiger partial charge in [-0.05, 0) is 67.6 Å². The molecule has 2 saturated carbocycles. The van der Waals surface area contributed by atoms with E-state index in [-0.39, 0.29) is 48.0 Å². The molecule has 2 amide bonds. The van der Waals surface area contributed by atoms with E-state index in [4.69, 9.17) is 10.5 Å². The van der Waals surface area contributed by atoms with E-state index in [9.17, 15) is 18.8 Å². The summed E-state index contributed by atoms with van der Waals surface area (Å²) in [6, 6.07) is 5.03. The van der Waals surface area contributed by atoms with E-state index in [1.54, 1.807) is 4.90 Å². The molecule has 10 heteroatoms. The third-order valence-corrected chi connectivity index (χ3v) is 11.1. The summed E-state index contributed by atoms with van der Waals surface area (Å²) < 4.78 is 19.1. The molecule has 3 heterocycles. The summed E-state index contributed by atoms with van der Waals surface area (Å²) in [6.45, 7) is 0.972. The van der Waals surface area contributed by atoms with Crippen LogP contribution in [0.5, 0.6) is 0 Å². The van der Waals surface area contributed by atoms with E-state index in [0.717, 1.165) is 60.7 Å². The van der Waals surface area contributed by atoms with Crippen molar-refractivity contribution in [1.29, 1.82) is 0 Å². The van der Waals surface area contributed by atoms with Crippen molar-refractivity contribution >= 4 is 44.5 Å². The number of nitrogens with two attached hydrogens (primary N) is 1. The highest BCUT2D eigenvalue weighted by molar-refractivity contribution is 7.22. The Balaban J connectivity index is 1.19. The van der Waals surface area contributed by atoms with Crippen molar-refractivity contribution in [2.45, 2.75) is 82.7 Å². The molecule has 1 aromatic heterocycles. The smallest absolute Gasteiger partial charge is 0.416 e. The summed E-state index contributed by atoms with van der Waals surface area (Å²) in [6.07, 6.45) is 9.68. The van der Waals surface area contributed by atoms with Gasteiger partial charge in [-0.25, -0.2) is 19.1 Å². The predicted molar refractivity (Wildman–Crippen MR) is 157 cm³/mol. The van der Waals surface area contributed by atoms with E-state index in [1.165, 1.54) is 30.6 Å². The van der Waals surface area contributed by atoms with Gasteiger partial charge in [0.1, 0.15) is 13.3 Å². The number of hydrogen-bond donors (Lipinski definition) is 1. The van der Waals surface area contributed by atoms with Gasteiger partial charge in [0, 0.05) is 24.9 Å². The van der Waals surface area contributed by atoms with Crippen LogP contribution in [0.1, 0.15) is 69.8 Å². The Bertz CT molecular complexity index is 1270. The van der Waals surface area contributed by atoms with Crippen molar-refractivity contribution in [3.8, 4) is 0 Å². The van der Waals surface area contributed by atoms with Gasteiger partial charge in [0.15, 0.2) is 10.9 Å². The Kier molecular flexibility index (Phi) is 8.58. The molecule has 2 N–H and O–H groups in total. The molecular weight excluding hydrogens is 543 g/mol. The number of thiazole rings is 1. The number of aromatic nitrogens is 1. The monoisotopic (exact) mass is 584 g/mol. The molecule has 2 aliphatic carbocycles. The van der Waals surface area contributed by atoms with Gasteiger partial charge in [-0.2, -0.15) is 0 Å². The maximum absolute atomic E-state index is 14.1. The summed E-state index contributed by atoms with van der Waals surface area (Å²) >= 11 is 1.43. The molecule has 222 valence electrons. The maximum Gasteiger partial charge on any atom is 0.416 e. The second-order valence-corrected chi connectivity index (χ2v) is 13.5. The number of amides is 2. The highest BCUT2D eigenvalue weighted by Gasteiger charge is 2.46. The molecule has 0 bridgehead atoms. The minimum absolute atomic E-state index is 0.106. The minimum Gasteiger partial charge on any atom is -0.447 e. The van der Waals surface area contributed by atoms with Gasteiger partial charge in [-0.1, -0.05) is 49.5 Å². The number of Topliss-reactive ketones (excluding diaryl/α,β-unsaturated/α-hetero) is 1. The lowest BCUT2D eigenvalue weighted by molar-refractivity contribution is -0.143. The van der Waals surface area contributed by atoms with Gasteiger partial charge < -0.3 is 15.4 Å². The van der Waals surface area contributed by atoms with Crippen LogP contribution in [-0.4, -0.2) is 66.1 Å². The van der Waals surface area contributed by atoms with Crippen LogP contribution in [0, 0.1) is 23.7 Å². The summed E-state index contributed by atoms with van der Waals surface area (Å²) in [7, 11) is 0. The fourth-order valence-corrected chi connectivity index (χ4v) is 8.79. The van der Waals surface area contributed by atoms with Crippen molar-refractivity contribution in [3.05, 3.63) is 23.8 Å². The minimum atomic E-state index is -0.519. The quantitative estimate of drug-likeness (QED) is 0.454. The van der Waals surface area contributed by atoms with E-state index >= 15 is 0 Å². The molecule has 3 atom stereocenters. The van der Waals surface area contributed by atoms with E-state index in [2.05, 4.69) is 4.98 Å². The first kappa shape index (κ1) is 28.5. The largest absolute Gasteiger partial charge is 0.447 e. The molecule has 0 radical (unpaired) electrons. The Labute approximate surface area is 244 Å². The number of hydrogen-bond acceptors (Lipinski definition) is 7. The molecule has 0 spiro atoms. The average molecular weight is 585 g/mol. The number of likely N-dealkylation sites (tertiary alicyclic amines) is 1. The summed E-state index contributed by atoms with van der Waals surface area (Å²) in [5.41, 5.74) is 7.66. The Hall–Kier alpha value is -2.59. The Morgan fingerprint density at radius 2 is 1.85 bits per heavy atom. The summed E-state index contributed by atoms with van der Waals surface area (Å²) in [4.78, 5) is 48.1. The van der Waals surface area contributed by atoms with Crippen LogP contribution < -0.4 is 10.6 Å². The Morgan fingerprint density at radius 1 is 1.07 bits per heavy atom. The van der Waals surface area contributed by atoms with Crippen LogP contribution >= 0.6 is 11.3 Å². The molecule has 2 aliphatic heterocycles. The first-order valence-corrected chi connectivity index (χ1v) is 16.2. The van der Waals surface area contributed by atoms with Crippen LogP contribution in [0.2, 0.25) is 0 Å². The average Bonchev–Trinajstić information content (AvgIpc) is 3.74. The number of fused-ring (bicyclic) bond motifs is 1. The van der Waals surface area contributed by atoms with Crippen molar-refractivity contribution in [2.24, 2.45) is 29.4 Å². The molecule has 6 rings (SSSR count). The number of nitrogens with zero attached hydrogens (tertiary/aromatic N) is 3. The second kappa shape index (κ2) is 12.3. The van der Waals surface area contributed by atoms with Gasteiger partial charge >= 0.3 is 6.09 Å². The van der Waals surface area contributed by atoms with Crippen LogP contribution in [0.4, 0.5) is 14.3 Å². The SMILES string of the molecule is N[C@H](CF)C1CCC(C(=O)N2CC[C@@H](C3CCCCC3)[C@H]2C(=O)Cc2ccc3nc(N4CCOC4=O)sc3c2)CC1. The number of cyclic esters (lactones) is 1. The molecule has 4 aliphatic rings. The summed E-state index contributed by atoms with van der Waals surface area (Å²) in [5, 5.41) is 0.609. The summed E-state index contributed by atoms with van der Waals surface area (Å²) in [5.74, 6) is 0.945. The first-order valence-electron chi connectivity index (χ1n) is 15.4. The standard InChI is InChI=1S/C31H41FN4O4S/c32-18-24(33)21-7-9-22(10-8-21)29(38)35-13-12-23(20-4-2-1-3-5-20)28(35)26(37)16-19-6-11-25-27(17-19)41-30(34-25)36-14-15-40-31(36)39/h6,11,17,20-24,28H,1-5,7-10,12-16,18,33H2/t21?,22?,23-,24+,28-/m0/s1. The molecule has 2 saturated heterocycles. The molecule has 4 fully saturated rings. The number of rotatable bonds is 8. The van der Waals surface area contributed by atoms with Crippen LogP contribution in [-0.2, 0) is 20.7 Å². The number of carbonyl (C=O) groups excluding carboxylic acids is 3. The maximum atomic E-state index is 14.1. The Morgan fingerprint density at radius 3 is 2.56 bits per heavy atom. The molecule has 8 nitrogen and oxygen atoms in total. The highest BCUT2D eigenvalue weighted by atomic mass is 32.1. The third-order valence-electron chi connectivity index (χ3n) is 10.0. The lowest BCUT2D eigenvalue weighted by Crippen LogP contribution is -2.48. The molecule has 1 aromatic carbocycles. The number of halogens is 1. The van der Waals surface area contributed by atoms with Crippen molar-refractivity contribution in [2.75, 3.05) is 31.3 Å². The number of alkyl halides is 1. The normalized spacial score (nSPS) is 28.3. The second-order valence-electron chi connectivity index (χ2n) is 12.5. The fraction of sp³-hybridized carbons (Fsp3) is 0.677. The van der Waals surface area contributed by atoms with Crippen molar-refractivity contribution < 1.29 is 23.5 Å². The molecular formula is C31H41FN4O4S. The van der Waals surface area contributed by atoms with Crippen LogP contribution in [0.3, 0.4) is 0 Å². The number of ether oxygens (including phenoxy) is 1. The molecule has 2 aromatic rings. The van der Waals surface area contributed by atoms with E-state index in [0.29, 0.717) is 30.7 Å². The number of benzene rings is 1. The van der Waals surface area contributed by atoms with E-state index in [1.807, 2.05) is 23.1 Å².